The predicted octanol–water partition coefficient (Wildman–Crippen LogP) is 2.07. The summed E-state index contributed by atoms with van der Waals surface area (Å²) in [6, 6.07) is 1.31. The van der Waals surface area contributed by atoms with E-state index in [1.54, 1.807) is 0 Å². The van der Waals surface area contributed by atoms with Gasteiger partial charge in [0.25, 0.3) is 0 Å². The summed E-state index contributed by atoms with van der Waals surface area (Å²) in [6.45, 7) is 2.33. The second-order valence-electron chi connectivity index (χ2n) is 5.12. The van der Waals surface area contributed by atoms with Gasteiger partial charge in [-0.3, -0.25) is 4.21 Å². The Bertz CT molecular complexity index is 216. The first-order valence-corrected chi connectivity index (χ1v) is 7.85. The van der Waals surface area contributed by atoms with Gasteiger partial charge in [0.05, 0.1) is 0 Å². The van der Waals surface area contributed by atoms with Crippen molar-refractivity contribution in [3.05, 3.63) is 0 Å². The fraction of sp³-hybridized carbons (Fsp3) is 1.00. The Kier molecular flexibility index (Phi) is 4.21. The van der Waals surface area contributed by atoms with Crippen molar-refractivity contribution in [1.82, 2.24) is 5.32 Å². The van der Waals surface area contributed by atoms with Crippen LogP contribution in [0.1, 0.15) is 45.4 Å². The first kappa shape index (κ1) is 11.6. The summed E-state index contributed by atoms with van der Waals surface area (Å²) in [5.41, 5.74) is 0. The van der Waals surface area contributed by atoms with Gasteiger partial charge < -0.3 is 5.32 Å². The largest absolute Gasteiger partial charge is 0.311 e. The van der Waals surface area contributed by atoms with E-state index in [9.17, 15) is 4.21 Å². The molecule has 2 rings (SSSR count). The molecule has 0 amide bonds. The monoisotopic (exact) mass is 229 g/mol. The maximum atomic E-state index is 11.2. The van der Waals surface area contributed by atoms with E-state index in [1.165, 1.54) is 25.7 Å². The molecule has 1 atom stereocenters. The second-order valence-corrected chi connectivity index (χ2v) is 6.82. The fourth-order valence-electron chi connectivity index (χ4n) is 2.93. The van der Waals surface area contributed by atoms with Crippen molar-refractivity contribution in [2.75, 3.05) is 11.5 Å². The van der Waals surface area contributed by atoms with Crippen molar-refractivity contribution in [3.8, 4) is 0 Å². The topological polar surface area (TPSA) is 29.1 Å². The third kappa shape index (κ3) is 3.28. The van der Waals surface area contributed by atoms with Crippen LogP contribution < -0.4 is 5.32 Å². The van der Waals surface area contributed by atoms with Crippen LogP contribution >= 0.6 is 0 Å². The summed E-state index contributed by atoms with van der Waals surface area (Å²) in [4.78, 5) is 0. The van der Waals surface area contributed by atoms with Gasteiger partial charge in [0.15, 0.2) is 0 Å². The Balaban J connectivity index is 1.73. The van der Waals surface area contributed by atoms with E-state index in [0.717, 1.165) is 30.3 Å². The van der Waals surface area contributed by atoms with Crippen molar-refractivity contribution in [1.29, 1.82) is 0 Å². The molecule has 0 unspecified atom stereocenters. The Labute approximate surface area is 95.7 Å². The van der Waals surface area contributed by atoms with Gasteiger partial charge in [-0.15, -0.1) is 0 Å². The zero-order valence-corrected chi connectivity index (χ0v) is 10.5. The minimum Gasteiger partial charge on any atom is -0.311 e. The van der Waals surface area contributed by atoms with Crippen LogP contribution in [-0.2, 0) is 10.8 Å². The molecule has 1 aliphatic heterocycles. The summed E-state index contributed by atoms with van der Waals surface area (Å²) < 4.78 is 11.2. The molecule has 0 bridgehead atoms. The smallest absolute Gasteiger partial charge is 0.0249 e. The summed E-state index contributed by atoms with van der Waals surface area (Å²) in [7, 11) is -0.518. The zero-order valence-electron chi connectivity index (χ0n) is 9.71. The van der Waals surface area contributed by atoms with Crippen LogP contribution in [-0.4, -0.2) is 27.8 Å². The third-order valence-corrected chi connectivity index (χ3v) is 5.38. The van der Waals surface area contributed by atoms with E-state index in [-0.39, 0.29) is 0 Å². The van der Waals surface area contributed by atoms with Crippen LogP contribution in [0.15, 0.2) is 0 Å². The summed E-state index contributed by atoms with van der Waals surface area (Å²) in [5.74, 6) is 2.72. The number of nitrogens with one attached hydrogen (secondary N) is 1. The Morgan fingerprint density at radius 2 is 1.73 bits per heavy atom. The van der Waals surface area contributed by atoms with E-state index in [4.69, 9.17) is 0 Å². The Morgan fingerprint density at radius 1 is 1.13 bits per heavy atom. The maximum Gasteiger partial charge on any atom is 0.0249 e. The number of rotatable bonds is 3. The van der Waals surface area contributed by atoms with E-state index < -0.39 is 10.8 Å². The van der Waals surface area contributed by atoms with Gasteiger partial charge in [-0.1, -0.05) is 12.8 Å². The van der Waals surface area contributed by atoms with Crippen molar-refractivity contribution in [2.45, 2.75) is 57.5 Å². The van der Waals surface area contributed by atoms with E-state index in [1.807, 2.05) is 0 Å². The molecule has 0 aromatic carbocycles. The molecule has 3 heteroatoms. The Morgan fingerprint density at radius 3 is 2.33 bits per heavy atom. The molecule has 88 valence electrons. The molecule has 1 saturated heterocycles. The lowest BCUT2D eigenvalue weighted by Crippen LogP contribution is -2.43. The van der Waals surface area contributed by atoms with Crippen molar-refractivity contribution >= 4 is 10.8 Å². The number of hydrogen-bond donors (Lipinski definition) is 1. The fourth-order valence-corrected chi connectivity index (χ4v) is 4.22. The molecule has 0 aromatic heterocycles. The molecule has 1 saturated carbocycles. The van der Waals surface area contributed by atoms with Crippen LogP contribution in [0.25, 0.3) is 0 Å². The minimum atomic E-state index is -0.518. The molecule has 0 radical (unpaired) electrons. The third-order valence-electron chi connectivity index (χ3n) is 3.99. The minimum absolute atomic E-state index is 0.518. The standard InChI is InChI=1S/C12H23NOS/c1-10(11-4-2-3-5-11)13-12-6-8-15(14)9-7-12/h10-13H,2-9H2,1H3/t10-,12?,15?/m1/s1. The lowest BCUT2D eigenvalue weighted by Gasteiger charge is -2.29. The molecule has 1 aliphatic carbocycles. The van der Waals surface area contributed by atoms with Gasteiger partial charge in [0.2, 0.25) is 0 Å². The van der Waals surface area contributed by atoms with E-state index >= 15 is 0 Å². The molecule has 15 heavy (non-hydrogen) atoms. The molecular formula is C12H23NOS. The zero-order chi connectivity index (χ0) is 10.7. The quantitative estimate of drug-likeness (QED) is 0.802. The van der Waals surface area contributed by atoms with Crippen LogP contribution in [0, 0.1) is 5.92 Å². The molecule has 0 spiro atoms. The van der Waals surface area contributed by atoms with Crippen LogP contribution in [0.5, 0.6) is 0 Å². The van der Waals surface area contributed by atoms with Gasteiger partial charge >= 0.3 is 0 Å². The van der Waals surface area contributed by atoms with Gasteiger partial charge in [-0.2, -0.15) is 0 Å². The molecule has 1 N–H and O–H groups in total. The van der Waals surface area contributed by atoms with E-state index in [0.29, 0.717) is 12.1 Å². The SMILES string of the molecule is C[C@@H](NC1CCS(=O)CC1)C1CCCC1. The maximum absolute atomic E-state index is 11.2. The van der Waals surface area contributed by atoms with Crippen LogP contribution in [0.2, 0.25) is 0 Å². The molecule has 2 fully saturated rings. The molecule has 1 heterocycles. The van der Waals surface area contributed by atoms with Crippen molar-refractivity contribution in [3.63, 3.8) is 0 Å². The molecular weight excluding hydrogens is 206 g/mol. The van der Waals surface area contributed by atoms with Crippen molar-refractivity contribution < 1.29 is 4.21 Å². The number of hydrogen-bond acceptors (Lipinski definition) is 2. The van der Waals surface area contributed by atoms with Gasteiger partial charge in [0, 0.05) is 34.4 Å². The first-order chi connectivity index (χ1) is 7.25. The molecule has 2 aliphatic rings. The summed E-state index contributed by atoms with van der Waals surface area (Å²) in [6.07, 6.45) is 7.89. The Hall–Kier alpha value is 0.110. The highest BCUT2D eigenvalue weighted by molar-refractivity contribution is 7.85. The lowest BCUT2D eigenvalue weighted by atomic mass is 9.98. The van der Waals surface area contributed by atoms with Crippen molar-refractivity contribution in [2.24, 2.45) is 5.92 Å². The highest BCUT2D eigenvalue weighted by Gasteiger charge is 2.25. The second kappa shape index (κ2) is 5.44. The predicted molar refractivity (Wildman–Crippen MR) is 65.5 cm³/mol. The highest BCUT2D eigenvalue weighted by atomic mass is 32.2. The lowest BCUT2D eigenvalue weighted by molar-refractivity contribution is 0.329. The average molecular weight is 229 g/mol. The summed E-state index contributed by atoms with van der Waals surface area (Å²) >= 11 is 0. The van der Waals surface area contributed by atoms with E-state index in [2.05, 4.69) is 12.2 Å². The van der Waals surface area contributed by atoms with Crippen LogP contribution in [0.3, 0.4) is 0 Å². The van der Waals surface area contributed by atoms with Gasteiger partial charge in [0.1, 0.15) is 0 Å². The van der Waals surface area contributed by atoms with Gasteiger partial charge in [-0.25, -0.2) is 0 Å². The molecule has 0 aromatic rings. The average Bonchev–Trinajstić information content (AvgIpc) is 2.74. The highest BCUT2D eigenvalue weighted by Crippen LogP contribution is 2.28. The van der Waals surface area contributed by atoms with Crippen LogP contribution in [0.4, 0.5) is 0 Å². The normalized spacial score (nSPS) is 35.5. The first-order valence-electron chi connectivity index (χ1n) is 6.37. The van der Waals surface area contributed by atoms with Gasteiger partial charge in [-0.05, 0) is 38.5 Å². The summed E-state index contributed by atoms with van der Waals surface area (Å²) in [5, 5.41) is 3.75. The molecule has 2 nitrogen and oxygen atoms in total.